The lowest BCUT2D eigenvalue weighted by Crippen LogP contribution is -2.26. The summed E-state index contributed by atoms with van der Waals surface area (Å²) in [6.07, 6.45) is 0. The second-order valence-electron chi connectivity index (χ2n) is 6.24. The second-order valence-corrected chi connectivity index (χ2v) is 10.7. The van der Waals surface area contributed by atoms with Gasteiger partial charge in [-0.1, -0.05) is 58.8 Å². The number of nitrogens with zero attached hydrogens (tertiary/aromatic N) is 2. The van der Waals surface area contributed by atoms with Crippen LogP contribution in [0.2, 0.25) is 5.02 Å². The van der Waals surface area contributed by atoms with Crippen LogP contribution in [0.25, 0.3) is 0 Å². The molecule has 0 saturated heterocycles. The van der Waals surface area contributed by atoms with Gasteiger partial charge in [0.2, 0.25) is 9.47 Å². The third-order valence-corrected chi connectivity index (χ3v) is 7.97. The quantitative estimate of drug-likeness (QED) is 0.353. The van der Waals surface area contributed by atoms with Crippen molar-refractivity contribution < 1.29 is 13.2 Å². The SMILES string of the molecule is Cc1ccc(C(=O)Nc2nnc(S(=O)(=O)NCCSCc3ccccc3Cl)s2)cc1. The number of hydrogen-bond donors (Lipinski definition) is 2. The van der Waals surface area contributed by atoms with E-state index < -0.39 is 10.0 Å². The van der Waals surface area contributed by atoms with Gasteiger partial charge in [-0.15, -0.1) is 10.2 Å². The Labute approximate surface area is 188 Å². The van der Waals surface area contributed by atoms with Gasteiger partial charge in [-0.3, -0.25) is 10.1 Å². The van der Waals surface area contributed by atoms with Crippen LogP contribution in [0.3, 0.4) is 0 Å². The molecular formula is C19H19ClN4O3S3. The fourth-order valence-electron chi connectivity index (χ4n) is 2.35. The topological polar surface area (TPSA) is 101 Å². The summed E-state index contributed by atoms with van der Waals surface area (Å²) in [4.78, 5) is 12.2. The molecule has 1 heterocycles. The standard InChI is InChI=1S/C19H19ClN4O3S3/c1-13-6-8-14(9-7-13)17(25)22-18-23-24-19(29-18)30(26,27)21-10-11-28-12-15-4-2-3-5-16(15)20/h2-9,21H,10-12H2,1H3,(H,22,23,25). The zero-order chi connectivity index (χ0) is 21.6. The second kappa shape index (κ2) is 10.4. The van der Waals surface area contributed by atoms with Crippen molar-refractivity contribution in [2.75, 3.05) is 17.6 Å². The molecule has 2 N–H and O–H groups in total. The number of amides is 1. The summed E-state index contributed by atoms with van der Waals surface area (Å²) < 4.78 is 27.1. The van der Waals surface area contributed by atoms with Gasteiger partial charge in [0.25, 0.3) is 15.9 Å². The highest BCUT2D eigenvalue weighted by Crippen LogP contribution is 2.22. The van der Waals surface area contributed by atoms with E-state index in [1.54, 1.807) is 23.9 Å². The lowest BCUT2D eigenvalue weighted by molar-refractivity contribution is 0.102. The maximum absolute atomic E-state index is 12.4. The van der Waals surface area contributed by atoms with Gasteiger partial charge in [-0.05, 0) is 30.7 Å². The number of rotatable bonds is 9. The minimum absolute atomic E-state index is 0.119. The minimum atomic E-state index is -3.79. The molecule has 158 valence electrons. The summed E-state index contributed by atoms with van der Waals surface area (Å²) in [5, 5.41) is 10.8. The Bertz CT molecular complexity index is 1120. The van der Waals surface area contributed by atoms with E-state index in [1.807, 2.05) is 43.3 Å². The van der Waals surface area contributed by atoms with Crippen molar-refractivity contribution in [2.24, 2.45) is 0 Å². The molecule has 0 atom stereocenters. The predicted octanol–water partition coefficient (Wildman–Crippen LogP) is 3.96. The van der Waals surface area contributed by atoms with Crippen molar-refractivity contribution in [3.63, 3.8) is 0 Å². The van der Waals surface area contributed by atoms with Crippen LogP contribution in [0.1, 0.15) is 21.5 Å². The molecule has 0 bridgehead atoms. The first-order valence-electron chi connectivity index (χ1n) is 8.87. The Balaban J connectivity index is 1.49. The third kappa shape index (κ3) is 6.26. The maximum atomic E-state index is 12.4. The molecule has 0 fully saturated rings. The molecule has 1 aromatic heterocycles. The zero-order valence-corrected chi connectivity index (χ0v) is 19.2. The molecule has 1 amide bonds. The first-order valence-corrected chi connectivity index (χ1v) is 12.7. The summed E-state index contributed by atoms with van der Waals surface area (Å²) in [6.45, 7) is 2.16. The number of aryl methyl sites for hydroxylation is 1. The molecule has 0 aliphatic heterocycles. The van der Waals surface area contributed by atoms with Crippen molar-refractivity contribution >= 4 is 55.8 Å². The molecule has 11 heteroatoms. The predicted molar refractivity (Wildman–Crippen MR) is 122 cm³/mol. The smallest absolute Gasteiger partial charge is 0.269 e. The molecule has 0 aliphatic carbocycles. The van der Waals surface area contributed by atoms with Gasteiger partial charge in [0, 0.05) is 28.6 Å². The van der Waals surface area contributed by atoms with Gasteiger partial charge in [0.1, 0.15) is 0 Å². The molecule has 2 aromatic carbocycles. The van der Waals surface area contributed by atoms with Gasteiger partial charge in [-0.2, -0.15) is 11.8 Å². The molecule has 0 saturated carbocycles. The number of hydrogen-bond acceptors (Lipinski definition) is 7. The van der Waals surface area contributed by atoms with Crippen molar-refractivity contribution in [1.29, 1.82) is 0 Å². The average molecular weight is 483 g/mol. The first-order chi connectivity index (χ1) is 14.3. The normalized spacial score (nSPS) is 11.4. The average Bonchev–Trinajstić information content (AvgIpc) is 3.19. The number of thioether (sulfide) groups is 1. The summed E-state index contributed by atoms with van der Waals surface area (Å²) in [5.74, 6) is 0.884. The highest BCUT2D eigenvalue weighted by Gasteiger charge is 2.20. The molecule has 30 heavy (non-hydrogen) atoms. The van der Waals surface area contributed by atoms with Crippen molar-refractivity contribution in [2.45, 2.75) is 17.0 Å². The molecule has 0 spiro atoms. The molecular weight excluding hydrogens is 464 g/mol. The van der Waals surface area contributed by atoms with E-state index in [0.29, 0.717) is 22.1 Å². The Morgan fingerprint density at radius 3 is 2.60 bits per heavy atom. The molecule has 3 aromatic rings. The number of nitrogens with one attached hydrogen (secondary N) is 2. The summed E-state index contributed by atoms with van der Waals surface area (Å²) in [7, 11) is -3.79. The maximum Gasteiger partial charge on any atom is 0.269 e. The largest absolute Gasteiger partial charge is 0.296 e. The molecule has 0 radical (unpaired) electrons. The number of benzene rings is 2. The number of halogens is 1. The van der Waals surface area contributed by atoms with Crippen LogP contribution in [0.4, 0.5) is 5.13 Å². The van der Waals surface area contributed by atoms with E-state index >= 15 is 0 Å². The number of aromatic nitrogens is 2. The highest BCUT2D eigenvalue weighted by molar-refractivity contribution is 7.98. The van der Waals surface area contributed by atoms with Crippen LogP contribution in [0.5, 0.6) is 0 Å². The molecule has 3 rings (SSSR count). The van der Waals surface area contributed by atoms with E-state index in [9.17, 15) is 13.2 Å². The molecule has 0 aliphatic rings. The Morgan fingerprint density at radius 2 is 1.87 bits per heavy atom. The van der Waals surface area contributed by atoms with Gasteiger partial charge in [-0.25, -0.2) is 13.1 Å². The van der Waals surface area contributed by atoms with Crippen LogP contribution in [-0.2, 0) is 15.8 Å². The Hall–Kier alpha value is -1.98. The lowest BCUT2D eigenvalue weighted by atomic mass is 10.1. The van der Waals surface area contributed by atoms with Gasteiger partial charge < -0.3 is 0 Å². The van der Waals surface area contributed by atoms with Crippen LogP contribution < -0.4 is 10.0 Å². The van der Waals surface area contributed by atoms with E-state index in [0.717, 1.165) is 22.5 Å². The van der Waals surface area contributed by atoms with E-state index in [2.05, 4.69) is 20.2 Å². The Kier molecular flexibility index (Phi) is 7.84. The number of sulfonamides is 1. The van der Waals surface area contributed by atoms with Crippen molar-refractivity contribution in [1.82, 2.24) is 14.9 Å². The van der Waals surface area contributed by atoms with E-state index in [1.165, 1.54) is 0 Å². The van der Waals surface area contributed by atoms with Gasteiger partial charge in [0.15, 0.2) is 0 Å². The summed E-state index contributed by atoms with van der Waals surface area (Å²) >= 11 is 8.47. The van der Waals surface area contributed by atoms with E-state index in [-0.39, 0.29) is 21.9 Å². The zero-order valence-electron chi connectivity index (χ0n) is 16.0. The fraction of sp³-hybridized carbons (Fsp3) is 0.211. The summed E-state index contributed by atoms with van der Waals surface area (Å²) in [6, 6.07) is 14.5. The number of anilines is 1. The molecule has 7 nitrogen and oxygen atoms in total. The third-order valence-electron chi connectivity index (χ3n) is 3.92. The van der Waals surface area contributed by atoms with Crippen LogP contribution in [0.15, 0.2) is 52.9 Å². The van der Waals surface area contributed by atoms with Gasteiger partial charge >= 0.3 is 0 Å². The lowest BCUT2D eigenvalue weighted by Gasteiger charge is -2.05. The number of carbonyl (C=O) groups is 1. The Morgan fingerprint density at radius 1 is 1.13 bits per heavy atom. The van der Waals surface area contributed by atoms with Crippen molar-refractivity contribution in [3.05, 3.63) is 70.2 Å². The minimum Gasteiger partial charge on any atom is -0.296 e. The monoisotopic (exact) mass is 482 g/mol. The van der Waals surface area contributed by atoms with Crippen LogP contribution >= 0.6 is 34.7 Å². The van der Waals surface area contributed by atoms with Crippen LogP contribution in [0, 0.1) is 6.92 Å². The molecule has 0 unspecified atom stereocenters. The van der Waals surface area contributed by atoms with E-state index in [4.69, 9.17) is 11.6 Å². The summed E-state index contributed by atoms with van der Waals surface area (Å²) in [5.41, 5.74) is 2.49. The van der Waals surface area contributed by atoms with Gasteiger partial charge in [0.05, 0.1) is 0 Å². The highest BCUT2D eigenvalue weighted by atomic mass is 35.5. The number of carbonyl (C=O) groups excluding carboxylic acids is 1. The first kappa shape index (κ1) is 22.7. The fourth-order valence-corrected chi connectivity index (χ4v) is 5.59. The van der Waals surface area contributed by atoms with Crippen LogP contribution in [-0.4, -0.2) is 36.8 Å². The van der Waals surface area contributed by atoms with Crippen molar-refractivity contribution in [3.8, 4) is 0 Å².